The second kappa shape index (κ2) is 6.15. The number of nitrogens with two attached hydrogens (primary N) is 1. The van der Waals surface area contributed by atoms with Crippen molar-refractivity contribution in [1.82, 2.24) is 4.90 Å². The highest BCUT2D eigenvalue weighted by atomic mass is 16.5. The minimum atomic E-state index is 0.335. The number of rotatable bonds is 5. The second-order valence-corrected chi connectivity index (χ2v) is 6.31. The van der Waals surface area contributed by atoms with Gasteiger partial charge in [-0.2, -0.15) is 0 Å². The van der Waals surface area contributed by atoms with E-state index < -0.39 is 0 Å². The largest absolute Gasteiger partial charge is 0.493 e. The lowest BCUT2D eigenvalue weighted by Crippen LogP contribution is -2.33. The standard InChI is InChI=1S/C17H26N2O/c1-19(12-13-4-2-3-5-13)16(11-18)14-6-7-17-15(10-14)8-9-20-17/h6-7,10,13,16H,2-5,8-9,11-12,18H2,1H3. The number of nitrogens with zero attached hydrogens (tertiary/aromatic N) is 1. The molecule has 0 aromatic heterocycles. The predicted molar refractivity (Wildman–Crippen MR) is 82.0 cm³/mol. The third kappa shape index (κ3) is 2.84. The molecule has 3 rings (SSSR count). The summed E-state index contributed by atoms with van der Waals surface area (Å²) in [5.41, 5.74) is 8.74. The number of likely N-dealkylation sites (N-methyl/N-ethyl adjacent to an activating group) is 1. The van der Waals surface area contributed by atoms with Gasteiger partial charge in [0, 0.05) is 25.6 Å². The summed E-state index contributed by atoms with van der Waals surface area (Å²) in [5.74, 6) is 1.93. The maximum atomic E-state index is 6.05. The molecular weight excluding hydrogens is 248 g/mol. The molecule has 0 bridgehead atoms. The van der Waals surface area contributed by atoms with Crippen molar-refractivity contribution >= 4 is 0 Å². The number of fused-ring (bicyclic) bond motifs is 1. The Bertz CT molecular complexity index is 454. The molecular formula is C17H26N2O. The first-order chi connectivity index (χ1) is 9.78. The normalized spacial score (nSPS) is 20.1. The molecule has 1 heterocycles. The number of ether oxygens (including phenoxy) is 1. The van der Waals surface area contributed by atoms with E-state index in [0.29, 0.717) is 12.6 Å². The monoisotopic (exact) mass is 274 g/mol. The van der Waals surface area contributed by atoms with Gasteiger partial charge in [-0.1, -0.05) is 25.0 Å². The van der Waals surface area contributed by atoms with E-state index in [0.717, 1.165) is 24.7 Å². The van der Waals surface area contributed by atoms with Crippen molar-refractivity contribution < 1.29 is 4.74 Å². The Balaban J connectivity index is 1.71. The van der Waals surface area contributed by atoms with Crippen LogP contribution in [0.2, 0.25) is 0 Å². The summed E-state index contributed by atoms with van der Waals surface area (Å²) in [6.07, 6.45) is 6.62. The van der Waals surface area contributed by atoms with E-state index in [1.165, 1.54) is 43.4 Å². The van der Waals surface area contributed by atoms with Gasteiger partial charge in [0.2, 0.25) is 0 Å². The van der Waals surface area contributed by atoms with Crippen molar-refractivity contribution in [3.63, 3.8) is 0 Å². The van der Waals surface area contributed by atoms with E-state index in [-0.39, 0.29) is 0 Å². The van der Waals surface area contributed by atoms with E-state index in [1.807, 2.05) is 0 Å². The quantitative estimate of drug-likeness (QED) is 0.897. The Labute approximate surface area is 122 Å². The number of hydrogen-bond donors (Lipinski definition) is 1. The minimum absolute atomic E-state index is 0.335. The lowest BCUT2D eigenvalue weighted by atomic mass is 10.00. The van der Waals surface area contributed by atoms with Crippen molar-refractivity contribution in [1.29, 1.82) is 0 Å². The summed E-state index contributed by atoms with van der Waals surface area (Å²) in [6.45, 7) is 2.68. The van der Waals surface area contributed by atoms with Gasteiger partial charge in [0.25, 0.3) is 0 Å². The maximum Gasteiger partial charge on any atom is 0.122 e. The zero-order valence-corrected chi connectivity index (χ0v) is 12.5. The Kier molecular flexibility index (Phi) is 4.27. The fraction of sp³-hybridized carbons (Fsp3) is 0.647. The summed E-state index contributed by atoms with van der Waals surface area (Å²) < 4.78 is 5.59. The molecule has 1 aromatic rings. The van der Waals surface area contributed by atoms with Crippen LogP contribution in [0, 0.1) is 5.92 Å². The van der Waals surface area contributed by atoms with Crippen LogP contribution in [0.5, 0.6) is 5.75 Å². The van der Waals surface area contributed by atoms with Crippen LogP contribution in [0.25, 0.3) is 0 Å². The average Bonchev–Trinajstić information content (AvgIpc) is 3.09. The molecule has 1 atom stereocenters. The molecule has 1 unspecified atom stereocenters. The topological polar surface area (TPSA) is 38.5 Å². The molecule has 20 heavy (non-hydrogen) atoms. The van der Waals surface area contributed by atoms with Crippen LogP contribution in [0.15, 0.2) is 18.2 Å². The fourth-order valence-corrected chi connectivity index (χ4v) is 3.71. The molecule has 0 saturated heterocycles. The second-order valence-electron chi connectivity index (χ2n) is 6.31. The van der Waals surface area contributed by atoms with Crippen LogP contribution in [0.4, 0.5) is 0 Å². The molecule has 1 aliphatic heterocycles. The molecule has 0 radical (unpaired) electrons. The molecule has 0 amide bonds. The van der Waals surface area contributed by atoms with Crippen LogP contribution in [0.1, 0.15) is 42.9 Å². The van der Waals surface area contributed by atoms with Gasteiger partial charge in [0.1, 0.15) is 5.75 Å². The molecule has 3 nitrogen and oxygen atoms in total. The summed E-state index contributed by atoms with van der Waals surface area (Å²) in [6, 6.07) is 6.93. The van der Waals surface area contributed by atoms with Crippen LogP contribution in [0.3, 0.4) is 0 Å². The first-order valence-corrected chi connectivity index (χ1v) is 7.94. The van der Waals surface area contributed by atoms with Gasteiger partial charge in [0.05, 0.1) is 6.61 Å². The summed E-state index contributed by atoms with van der Waals surface area (Å²) in [5, 5.41) is 0. The van der Waals surface area contributed by atoms with Gasteiger partial charge in [-0.15, -0.1) is 0 Å². The smallest absolute Gasteiger partial charge is 0.122 e. The van der Waals surface area contributed by atoms with E-state index in [4.69, 9.17) is 10.5 Å². The molecule has 2 aliphatic rings. The molecule has 1 fully saturated rings. The summed E-state index contributed by atoms with van der Waals surface area (Å²) in [7, 11) is 2.22. The highest BCUT2D eigenvalue weighted by Crippen LogP contribution is 2.31. The van der Waals surface area contributed by atoms with Gasteiger partial charge in [0.15, 0.2) is 0 Å². The van der Waals surface area contributed by atoms with Crippen molar-refractivity contribution in [3.8, 4) is 5.75 Å². The van der Waals surface area contributed by atoms with E-state index in [1.54, 1.807) is 0 Å². The molecule has 1 saturated carbocycles. The van der Waals surface area contributed by atoms with E-state index in [2.05, 4.69) is 30.1 Å². The van der Waals surface area contributed by atoms with Crippen LogP contribution in [-0.2, 0) is 6.42 Å². The molecule has 3 heteroatoms. The average molecular weight is 274 g/mol. The van der Waals surface area contributed by atoms with Crippen LogP contribution in [-0.4, -0.2) is 31.6 Å². The van der Waals surface area contributed by atoms with Crippen molar-refractivity contribution in [2.75, 3.05) is 26.7 Å². The van der Waals surface area contributed by atoms with Gasteiger partial charge >= 0.3 is 0 Å². The highest BCUT2D eigenvalue weighted by molar-refractivity contribution is 5.40. The Morgan fingerprint density at radius 3 is 2.90 bits per heavy atom. The van der Waals surface area contributed by atoms with Gasteiger partial charge in [-0.25, -0.2) is 0 Å². The summed E-state index contributed by atoms with van der Waals surface area (Å²) in [4.78, 5) is 2.45. The van der Waals surface area contributed by atoms with E-state index >= 15 is 0 Å². The SMILES string of the molecule is CN(CC1CCCC1)C(CN)c1ccc2c(c1)CCO2. The molecule has 0 spiro atoms. The molecule has 110 valence electrons. The first kappa shape index (κ1) is 13.9. The van der Waals surface area contributed by atoms with Crippen LogP contribution >= 0.6 is 0 Å². The molecule has 2 N–H and O–H groups in total. The first-order valence-electron chi connectivity index (χ1n) is 7.94. The molecule has 1 aromatic carbocycles. The third-order valence-corrected chi connectivity index (χ3v) is 4.87. The van der Waals surface area contributed by atoms with E-state index in [9.17, 15) is 0 Å². The Hall–Kier alpha value is -1.06. The number of hydrogen-bond acceptors (Lipinski definition) is 3. The van der Waals surface area contributed by atoms with Crippen molar-refractivity contribution in [2.24, 2.45) is 11.7 Å². The maximum absolute atomic E-state index is 6.05. The van der Waals surface area contributed by atoms with Crippen molar-refractivity contribution in [2.45, 2.75) is 38.1 Å². The number of benzene rings is 1. The van der Waals surface area contributed by atoms with Gasteiger partial charge in [-0.05, 0) is 43.0 Å². The summed E-state index contributed by atoms with van der Waals surface area (Å²) >= 11 is 0. The third-order valence-electron chi connectivity index (χ3n) is 4.87. The van der Waals surface area contributed by atoms with Crippen molar-refractivity contribution in [3.05, 3.63) is 29.3 Å². The zero-order chi connectivity index (χ0) is 13.9. The predicted octanol–water partition coefficient (Wildman–Crippen LogP) is 2.74. The minimum Gasteiger partial charge on any atom is -0.493 e. The lowest BCUT2D eigenvalue weighted by molar-refractivity contribution is 0.212. The van der Waals surface area contributed by atoms with Gasteiger partial charge < -0.3 is 10.5 Å². The Morgan fingerprint density at radius 2 is 2.15 bits per heavy atom. The fourth-order valence-electron chi connectivity index (χ4n) is 3.71. The Morgan fingerprint density at radius 1 is 1.35 bits per heavy atom. The lowest BCUT2D eigenvalue weighted by Gasteiger charge is -2.30. The zero-order valence-electron chi connectivity index (χ0n) is 12.5. The van der Waals surface area contributed by atoms with Gasteiger partial charge in [-0.3, -0.25) is 4.90 Å². The van der Waals surface area contributed by atoms with Crippen LogP contribution < -0.4 is 10.5 Å². The highest BCUT2D eigenvalue weighted by Gasteiger charge is 2.23. The molecule has 1 aliphatic carbocycles.